The number of rotatable bonds is 3. The normalized spacial score (nSPS) is 20.2. The Morgan fingerprint density at radius 2 is 1.94 bits per heavy atom. The predicted molar refractivity (Wildman–Crippen MR) is 59.7 cm³/mol. The third kappa shape index (κ3) is 2.39. The summed E-state index contributed by atoms with van der Waals surface area (Å²) in [4.78, 5) is 3.54. The molecule has 9 heteroatoms. The van der Waals surface area contributed by atoms with Crippen molar-refractivity contribution in [3.8, 4) is 0 Å². The zero-order valence-corrected chi connectivity index (χ0v) is 10.8. The summed E-state index contributed by atoms with van der Waals surface area (Å²) < 4.78 is 64.6. The second-order valence-electron chi connectivity index (χ2n) is 4.22. The van der Waals surface area contributed by atoms with Gasteiger partial charge >= 0.3 is 6.18 Å². The maximum Gasteiger partial charge on any atom is 0.407 e. The van der Waals surface area contributed by atoms with Crippen molar-refractivity contribution in [2.75, 3.05) is 0 Å². The number of hydrogen-bond donors (Lipinski definition) is 1. The summed E-state index contributed by atoms with van der Waals surface area (Å²) in [6.45, 7) is 0. The highest BCUT2D eigenvalue weighted by molar-refractivity contribution is 7.89. The number of alkyl halides is 3. The van der Waals surface area contributed by atoms with Crippen molar-refractivity contribution < 1.29 is 21.6 Å². The number of aromatic nitrogens is 1. The van der Waals surface area contributed by atoms with Crippen molar-refractivity contribution in [2.24, 2.45) is 0 Å². The summed E-state index contributed by atoms with van der Waals surface area (Å²) in [5, 5.41) is 0.851. The maximum absolute atomic E-state index is 13.0. The van der Waals surface area contributed by atoms with Gasteiger partial charge in [-0.25, -0.2) is 13.4 Å². The summed E-state index contributed by atoms with van der Waals surface area (Å²) in [6.07, 6.45) is -4.31. The first kappa shape index (κ1) is 13.8. The molecule has 1 N–H and O–H groups in total. The van der Waals surface area contributed by atoms with Crippen LogP contribution >= 0.6 is 11.3 Å². The Bertz CT molecular complexity index is 504. The molecule has 0 amide bonds. The smallest absolute Gasteiger partial charge is 0.232 e. The molecule has 0 bridgehead atoms. The zero-order chi connectivity index (χ0) is 13.4. The molecule has 1 aliphatic rings. The molecule has 1 fully saturated rings. The molecule has 0 aromatic carbocycles. The van der Waals surface area contributed by atoms with E-state index >= 15 is 0 Å². The van der Waals surface area contributed by atoms with Crippen LogP contribution in [0.4, 0.5) is 13.2 Å². The fourth-order valence-electron chi connectivity index (χ4n) is 2.07. The Labute approximate surface area is 106 Å². The Hall–Kier alpha value is -0.670. The van der Waals surface area contributed by atoms with Crippen LogP contribution in [-0.2, 0) is 10.0 Å². The van der Waals surface area contributed by atoms with E-state index in [2.05, 4.69) is 4.98 Å². The average molecular weight is 300 g/mol. The molecule has 18 heavy (non-hydrogen) atoms. The fourth-order valence-corrected chi connectivity index (χ4v) is 4.35. The maximum atomic E-state index is 13.0. The molecule has 1 aromatic heterocycles. The van der Waals surface area contributed by atoms with Gasteiger partial charge < -0.3 is 0 Å². The van der Waals surface area contributed by atoms with Crippen LogP contribution in [0.2, 0.25) is 0 Å². The topological polar surface area (TPSA) is 59.1 Å². The lowest BCUT2D eigenvalue weighted by Gasteiger charge is -2.31. The van der Waals surface area contributed by atoms with Gasteiger partial charge in [-0.05, 0) is 12.8 Å². The molecule has 0 atom stereocenters. The average Bonchev–Trinajstić information content (AvgIpc) is 2.84. The van der Waals surface area contributed by atoms with Crippen LogP contribution in [0.25, 0.3) is 0 Å². The van der Waals surface area contributed by atoms with Crippen LogP contribution in [0, 0.1) is 0 Å². The van der Waals surface area contributed by atoms with Gasteiger partial charge in [0.15, 0.2) is 5.03 Å². The van der Waals surface area contributed by atoms with Gasteiger partial charge in [0.25, 0.3) is 10.0 Å². The highest BCUT2D eigenvalue weighted by atomic mass is 32.2. The van der Waals surface area contributed by atoms with E-state index in [-0.39, 0.29) is 17.9 Å². The molecule has 1 saturated carbocycles. The SMILES string of the molecule is O=S(=O)(NC1(C(F)(F)F)CCCC1)c1cscn1. The summed E-state index contributed by atoms with van der Waals surface area (Å²) in [5.74, 6) is 0. The van der Waals surface area contributed by atoms with Gasteiger partial charge in [0.1, 0.15) is 5.54 Å². The van der Waals surface area contributed by atoms with Gasteiger partial charge in [-0.15, -0.1) is 11.3 Å². The van der Waals surface area contributed by atoms with Crippen LogP contribution in [0.1, 0.15) is 25.7 Å². The van der Waals surface area contributed by atoms with Gasteiger partial charge in [0.05, 0.1) is 5.51 Å². The van der Waals surface area contributed by atoms with Crippen LogP contribution < -0.4 is 4.72 Å². The second kappa shape index (κ2) is 4.46. The molecular formula is C9H11F3N2O2S2. The largest absolute Gasteiger partial charge is 0.407 e. The molecule has 0 saturated heterocycles. The predicted octanol–water partition coefficient (Wildman–Crippen LogP) is 2.30. The quantitative estimate of drug-likeness (QED) is 0.932. The van der Waals surface area contributed by atoms with Crippen LogP contribution in [0.5, 0.6) is 0 Å². The van der Waals surface area contributed by atoms with Gasteiger partial charge in [0.2, 0.25) is 0 Å². The molecule has 0 unspecified atom stereocenters. The Morgan fingerprint density at radius 3 is 2.39 bits per heavy atom. The van der Waals surface area contributed by atoms with E-state index in [0.29, 0.717) is 12.8 Å². The summed E-state index contributed by atoms with van der Waals surface area (Å²) in [5.41, 5.74) is -1.07. The number of nitrogens with zero attached hydrogens (tertiary/aromatic N) is 1. The molecule has 0 radical (unpaired) electrons. The number of halogens is 3. The van der Waals surface area contributed by atoms with E-state index in [4.69, 9.17) is 0 Å². The number of sulfonamides is 1. The fraction of sp³-hybridized carbons (Fsp3) is 0.667. The lowest BCUT2D eigenvalue weighted by molar-refractivity contribution is -0.188. The molecule has 1 heterocycles. The Balaban J connectivity index is 2.31. The van der Waals surface area contributed by atoms with E-state index in [9.17, 15) is 21.6 Å². The zero-order valence-electron chi connectivity index (χ0n) is 9.20. The first-order valence-corrected chi connectivity index (χ1v) is 7.68. The first-order chi connectivity index (χ1) is 8.27. The standard InChI is InChI=1S/C9H11F3N2O2S2/c10-9(11,12)8(3-1-2-4-8)14-18(15,16)7-5-17-6-13-7/h5-6,14H,1-4H2. The lowest BCUT2D eigenvalue weighted by atomic mass is 9.99. The number of hydrogen-bond acceptors (Lipinski definition) is 4. The first-order valence-electron chi connectivity index (χ1n) is 5.26. The molecule has 1 aliphatic carbocycles. The van der Waals surface area contributed by atoms with E-state index in [1.165, 1.54) is 10.9 Å². The minimum Gasteiger partial charge on any atom is -0.232 e. The van der Waals surface area contributed by atoms with Crippen LogP contribution in [0.3, 0.4) is 0 Å². The molecule has 102 valence electrons. The van der Waals surface area contributed by atoms with Gasteiger partial charge in [-0.2, -0.15) is 17.9 Å². The molecule has 0 spiro atoms. The third-order valence-electron chi connectivity index (χ3n) is 3.01. The van der Waals surface area contributed by atoms with Gasteiger partial charge in [0, 0.05) is 5.38 Å². The van der Waals surface area contributed by atoms with E-state index in [1.54, 1.807) is 4.72 Å². The highest BCUT2D eigenvalue weighted by Gasteiger charge is 2.58. The van der Waals surface area contributed by atoms with Crippen LogP contribution in [0.15, 0.2) is 15.9 Å². The van der Waals surface area contributed by atoms with Gasteiger partial charge in [-0.3, -0.25) is 0 Å². The van der Waals surface area contributed by atoms with Crippen LogP contribution in [-0.4, -0.2) is 25.1 Å². The molecule has 2 rings (SSSR count). The third-order valence-corrected chi connectivity index (χ3v) is 5.18. The summed E-state index contributed by atoms with van der Waals surface area (Å²) >= 11 is 1.02. The lowest BCUT2D eigenvalue weighted by Crippen LogP contribution is -2.56. The van der Waals surface area contributed by atoms with E-state index < -0.39 is 21.7 Å². The van der Waals surface area contributed by atoms with Crippen molar-refractivity contribution in [1.82, 2.24) is 9.71 Å². The van der Waals surface area contributed by atoms with Crippen molar-refractivity contribution in [1.29, 1.82) is 0 Å². The van der Waals surface area contributed by atoms with Crippen molar-refractivity contribution in [3.63, 3.8) is 0 Å². The number of nitrogens with one attached hydrogen (secondary N) is 1. The highest BCUT2D eigenvalue weighted by Crippen LogP contribution is 2.43. The van der Waals surface area contributed by atoms with Crippen molar-refractivity contribution in [2.45, 2.75) is 42.4 Å². The van der Waals surface area contributed by atoms with E-state index in [1.807, 2.05) is 0 Å². The molecule has 1 aromatic rings. The van der Waals surface area contributed by atoms with Crippen molar-refractivity contribution >= 4 is 21.4 Å². The minimum atomic E-state index is -4.59. The Morgan fingerprint density at radius 1 is 1.33 bits per heavy atom. The molecule has 4 nitrogen and oxygen atoms in total. The molecular weight excluding hydrogens is 289 g/mol. The number of thiazole rings is 1. The Kier molecular flexibility index (Phi) is 3.41. The summed E-state index contributed by atoms with van der Waals surface area (Å²) in [6, 6.07) is 0. The van der Waals surface area contributed by atoms with Gasteiger partial charge in [-0.1, -0.05) is 12.8 Å². The van der Waals surface area contributed by atoms with E-state index in [0.717, 1.165) is 11.3 Å². The van der Waals surface area contributed by atoms with Crippen molar-refractivity contribution in [3.05, 3.63) is 10.9 Å². The minimum absolute atomic E-state index is 0.222. The summed E-state index contributed by atoms with van der Waals surface area (Å²) in [7, 11) is -4.21. The second-order valence-corrected chi connectivity index (χ2v) is 6.57. The monoisotopic (exact) mass is 300 g/mol. The molecule has 0 aliphatic heterocycles.